The maximum Gasteiger partial charge on any atom is 0.140 e. The predicted octanol–water partition coefficient (Wildman–Crippen LogP) is 5.11. The van der Waals surface area contributed by atoms with Crippen molar-refractivity contribution >= 4 is 39.9 Å². The van der Waals surface area contributed by atoms with Gasteiger partial charge in [0.2, 0.25) is 0 Å². The zero-order valence-corrected chi connectivity index (χ0v) is 13.9. The van der Waals surface area contributed by atoms with Crippen LogP contribution >= 0.6 is 23.2 Å². The summed E-state index contributed by atoms with van der Waals surface area (Å²) < 4.78 is 0. The molecule has 4 rings (SSSR count). The summed E-state index contributed by atoms with van der Waals surface area (Å²) in [5.41, 5.74) is 2.09. The van der Waals surface area contributed by atoms with E-state index in [0.717, 1.165) is 28.3 Å². The number of rotatable bonds is 4. The second-order valence-electron chi connectivity index (χ2n) is 5.85. The lowest BCUT2D eigenvalue weighted by atomic mass is 10.2. The summed E-state index contributed by atoms with van der Waals surface area (Å²) in [5.74, 6) is 0.944. The Bertz CT molecular complexity index is 862. The van der Waals surface area contributed by atoms with Gasteiger partial charge in [0.25, 0.3) is 0 Å². The smallest absolute Gasteiger partial charge is 0.140 e. The first-order valence-electron chi connectivity index (χ1n) is 7.62. The van der Waals surface area contributed by atoms with Crippen molar-refractivity contribution in [1.29, 1.82) is 0 Å². The SMILES string of the molecule is Clc1cccc(CN(c2ncnc3ccc(Cl)cc23)C2CC2)c1. The van der Waals surface area contributed by atoms with Crippen LogP contribution in [-0.4, -0.2) is 16.0 Å². The highest BCUT2D eigenvalue weighted by molar-refractivity contribution is 6.31. The molecule has 0 amide bonds. The molecule has 0 radical (unpaired) electrons. The van der Waals surface area contributed by atoms with E-state index in [9.17, 15) is 0 Å². The molecule has 1 aliphatic rings. The summed E-state index contributed by atoms with van der Waals surface area (Å²) in [5, 5.41) is 2.45. The summed E-state index contributed by atoms with van der Waals surface area (Å²) in [7, 11) is 0. The molecule has 1 aromatic heterocycles. The van der Waals surface area contributed by atoms with Crippen LogP contribution in [0.25, 0.3) is 10.9 Å². The third kappa shape index (κ3) is 3.12. The number of nitrogens with zero attached hydrogens (tertiary/aromatic N) is 3. The fourth-order valence-corrected chi connectivity index (χ4v) is 3.22. The van der Waals surface area contributed by atoms with Gasteiger partial charge >= 0.3 is 0 Å². The lowest BCUT2D eigenvalue weighted by molar-refractivity contribution is 0.781. The molecule has 0 atom stereocenters. The van der Waals surface area contributed by atoms with Crippen LogP contribution in [0, 0.1) is 0 Å². The molecular formula is C18H15Cl2N3. The monoisotopic (exact) mass is 343 g/mol. The van der Waals surface area contributed by atoms with E-state index >= 15 is 0 Å². The topological polar surface area (TPSA) is 29.0 Å². The number of halogens is 2. The van der Waals surface area contributed by atoms with Crippen LogP contribution in [-0.2, 0) is 6.54 Å². The molecular weight excluding hydrogens is 329 g/mol. The first-order valence-corrected chi connectivity index (χ1v) is 8.37. The molecule has 3 nitrogen and oxygen atoms in total. The van der Waals surface area contributed by atoms with Crippen molar-refractivity contribution in [2.24, 2.45) is 0 Å². The molecule has 2 aromatic carbocycles. The van der Waals surface area contributed by atoms with Gasteiger partial charge in [-0.25, -0.2) is 9.97 Å². The minimum Gasteiger partial charge on any atom is -0.349 e. The summed E-state index contributed by atoms with van der Waals surface area (Å²) in [4.78, 5) is 11.2. The Kier molecular flexibility index (Phi) is 3.83. The molecule has 1 fully saturated rings. The quantitative estimate of drug-likeness (QED) is 0.659. The first-order chi connectivity index (χ1) is 11.2. The van der Waals surface area contributed by atoms with Gasteiger partial charge in [-0.1, -0.05) is 35.3 Å². The normalized spacial score (nSPS) is 14.2. The Balaban J connectivity index is 1.77. The number of anilines is 1. The summed E-state index contributed by atoms with van der Waals surface area (Å²) in [6.07, 6.45) is 4.00. The molecule has 0 aliphatic heterocycles. The van der Waals surface area contributed by atoms with Crippen molar-refractivity contribution in [2.75, 3.05) is 4.90 Å². The van der Waals surface area contributed by atoms with Crippen LogP contribution < -0.4 is 4.90 Å². The second kappa shape index (κ2) is 5.99. The average molecular weight is 344 g/mol. The van der Waals surface area contributed by atoms with Crippen molar-refractivity contribution < 1.29 is 0 Å². The summed E-state index contributed by atoms with van der Waals surface area (Å²) >= 11 is 12.3. The molecule has 1 heterocycles. The van der Waals surface area contributed by atoms with Crippen molar-refractivity contribution in [1.82, 2.24) is 9.97 Å². The lowest BCUT2D eigenvalue weighted by Gasteiger charge is -2.25. The Morgan fingerprint density at radius 1 is 1.00 bits per heavy atom. The van der Waals surface area contributed by atoms with E-state index in [1.807, 2.05) is 36.4 Å². The minimum absolute atomic E-state index is 0.520. The van der Waals surface area contributed by atoms with Gasteiger partial charge in [-0.05, 0) is 48.7 Å². The number of fused-ring (bicyclic) bond motifs is 1. The Labute approximate surface area is 144 Å². The molecule has 3 aromatic rings. The highest BCUT2D eigenvalue weighted by Gasteiger charge is 2.31. The zero-order chi connectivity index (χ0) is 15.8. The third-order valence-electron chi connectivity index (χ3n) is 4.08. The Morgan fingerprint density at radius 2 is 1.83 bits per heavy atom. The van der Waals surface area contributed by atoms with E-state index in [4.69, 9.17) is 23.2 Å². The second-order valence-corrected chi connectivity index (χ2v) is 6.72. The minimum atomic E-state index is 0.520. The van der Waals surface area contributed by atoms with Crippen LogP contribution in [0.1, 0.15) is 18.4 Å². The van der Waals surface area contributed by atoms with Crippen molar-refractivity contribution in [3.05, 3.63) is 64.4 Å². The predicted molar refractivity (Wildman–Crippen MR) is 95.2 cm³/mol. The zero-order valence-electron chi connectivity index (χ0n) is 12.4. The third-order valence-corrected chi connectivity index (χ3v) is 4.55. The van der Waals surface area contributed by atoms with Gasteiger partial charge in [0, 0.05) is 28.0 Å². The number of aromatic nitrogens is 2. The summed E-state index contributed by atoms with van der Waals surface area (Å²) in [6.45, 7) is 0.782. The van der Waals surface area contributed by atoms with Crippen LogP contribution in [0.2, 0.25) is 10.0 Å². The molecule has 0 unspecified atom stereocenters. The molecule has 0 saturated heterocycles. The van der Waals surface area contributed by atoms with Gasteiger partial charge in [0.05, 0.1) is 5.52 Å². The lowest BCUT2D eigenvalue weighted by Crippen LogP contribution is -2.26. The standard InChI is InChI=1S/C18H15Cl2N3/c19-13-3-1-2-12(8-13)10-23(15-5-6-15)18-16-9-14(20)4-7-17(16)21-11-22-18/h1-4,7-9,11,15H,5-6,10H2. The van der Waals surface area contributed by atoms with Crippen LogP contribution in [0.3, 0.4) is 0 Å². The molecule has 1 aliphatic carbocycles. The maximum atomic E-state index is 6.18. The van der Waals surface area contributed by atoms with Gasteiger partial charge in [-0.3, -0.25) is 0 Å². The molecule has 0 spiro atoms. The first kappa shape index (κ1) is 14.7. The van der Waals surface area contributed by atoms with E-state index in [2.05, 4.69) is 20.9 Å². The number of hydrogen-bond acceptors (Lipinski definition) is 3. The van der Waals surface area contributed by atoms with Crippen LogP contribution in [0.5, 0.6) is 0 Å². The number of hydrogen-bond donors (Lipinski definition) is 0. The number of benzene rings is 2. The summed E-state index contributed by atoms with van der Waals surface area (Å²) in [6, 6.07) is 14.2. The van der Waals surface area contributed by atoms with E-state index in [-0.39, 0.29) is 0 Å². The van der Waals surface area contributed by atoms with Gasteiger partial charge < -0.3 is 4.90 Å². The molecule has 23 heavy (non-hydrogen) atoms. The fraction of sp³-hybridized carbons (Fsp3) is 0.222. The van der Waals surface area contributed by atoms with Crippen LogP contribution in [0.4, 0.5) is 5.82 Å². The molecule has 1 saturated carbocycles. The van der Waals surface area contributed by atoms with Crippen molar-refractivity contribution in [3.8, 4) is 0 Å². The van der Waals surface area contributed by atoms with Crippen LogP contribution in [0.15, 0.2) is 48.8 Å². The van der Waals surface area contributed by atoms with Crippen molar-refractivity contribution in [2.45, 2.75) is 25.4 Å². The van der Waals surface area contributed by atoms with Gasteiger partial charge in [-0.15, -0.1) is 0 Å². The van der Waals surface area contributed by atoms with E-state index in [1.165, 1.54) is 18.4 Å². The molecule has 116 valence electrons. The van der Waals surface area contributed by atoms with Gasteiger partial charge in [0.1, 0.15) is 12.1 Å². The highest BCUT2D eigenvalue weighted by atomic mass is 35.5. The average Bonchev–Trinajstić information content (AvgIpc) is 3.37. The van der Waals surface area contributed by atoms with Crippen molar-refractivity contribution in [3.63, 3.8) is 0 Å². The van der Waals surface area contributed by atoms with Gasteiger partial charge in [0.15, 0.2) is 0 Å². The fourth-order valence-electron chi connectivity index (χ4n) is 2.84. The highest BCUT2D eigenvalue weighted by Crippen LogP contribution is 2.36. The molecule has 0 bridgehead atoms. The maximum absolute atomic E-state index is 6.18. The van der Waals surface area contributed by atoms with Gasteiger partial charge in [-0.2, -0.15) is 0 Å². The largest absolute Gasteiger partial charge is 0.349 e. The van der Waals surface area contributed by atoms with E-state index in [1.54, 1.807) is 6.33 Å². The molecule has 0 N–H and O–H groups in total. The van der Waals surface area contributed by atoms with E-state index in [0.29, 0.717) is 11.1 Å². The Morgan fingerprint density at radius 3 is 2.61 bits per heavy atom. The molecule has 5 heteroatoms. The van der Waals surface area contributed by atoms with E-state index < -0.39 is 0 Å². The Hall–Kier alpha value is -1.84.